The number of aliphatic hydroxyl groups excluding tert-OH is 1. The summed E-state index contributed by atoms with van der Waals surface area (Å²) in [5, 5.41) is 23.6. The lowest BCUT2D eigenvalue weighted by Crippen LogP contribution is -2.21. The Kier molecular flexibility index (Phi) is 6.12. The summed E-state index contributed by atoms with van der Waals surface area (Å²) in [5.41, 5.74) is -0.177. The summed E-state index contributed by atoms with van der Waals surface area (Å²) in [4.78, 5) is 10.4. The number of benzene rings is 1. The predicted octanol–water partition coefficient (Wildman–Crippen LogP) is 1.36. The normalized spacial score (nSPS) is 12.7. The lowest BCUT2D eigenvalue weighted by molar-refractivity contribution is -0.384. The molecule has 0 amide bonds. The van der Waals surface area contributed by atoms with E-state index in [1.807, 2.05) is 0 Å². The van der Waals surface area contributed by atoms with Gasteiger partial charge in [-0.25, -0.2) is 13.1 Å². The quantitative estimate of drug-likeness (QED) is 0.448. The Labute approximate surface area is 144 Å². The van der Waals surface area contributed by atoms with Gasteiger partial charge in [-0.2, -0.15) is 0 Å². The molecule has 0 aliphatic rings. The maximum Gasteiger partial charge on any atom is 0.293 e. The Balaban J connectivity index is 2.16. The average molecular weight is 369 g/mol. The van der Waals surface area contributed by atoms with E-state index >= 15 is 0 Å². The van der Waals surface area contributed by atoms with Gasteiger partial charge in [0.1, 0.15) is 11.4 Å². The third-order valence-corrected chi connectivity index (χ3v) is 5.07. The van der Waals surface area contributed by atoms with E-state index in [0.717, 1.165) is 6.07 Å². The van der Waals surface area contributed by atoms with Gasteiger partial charge in [-0.3, -0.25) is 10.1 Å². The van der Waals surface area contributed by atoms with Crippen molar-refractivity contribution in [1.29, 1.82) is 0 Å². The van der Waals surface area contributed by atoms with Gasteiger partial charge in [-0.05, 0) is 31.3 Å². The number of sulfonamides is 1. The highest BCUT2D eigenvalue weighted by Crippen LogP contribution is 2.28. The van der Waals surface area contributed by atoms with Crippen molar-refractivity contribution in [3.63, 3.8) is 0 Å². The fourth-order valence-corrected chi connectivity index (χ4v) is 3.02. The van der Waals surface area contributed by atoms with E-state index in [9.17, 15) is 23.6 Å². The van der Waals surface area contributed by atoms with E-state index in [1.165, 1.54) is 25.4 Å². The van der Waals surface area contributed by atoms with Crippen LogP contribution >= 0.6 is 0 Å². The largest absolute Gasteiger partial charge is 0.469 e. The molecule has 2 aromatic rings. The minimum Gasteiger partial charge on any atom is -0.469 e. The number of hydrogen-bond donors (Lipinski definition) is 3. The minimum atomic E-state index is -3.78. The molecule has 0 saturated carbocycles. The Morgan fingerprint density at radius 2 is 2.12 bits per heavy atom. The summed E-state index contributed by atoms with van der Waals surface area (Å²) < 4.78 is 30.9. The topological polar surface area (TPSA) is 135 Å². The van der Waals surface area contributed by atoms with E-state index in [0.29, 0.717) is 12.2 Å². The number of nitrogens with zero attached hydrogens (tertiary/aromatic N) is 1. The van der Waals surface area contributed by atoms with Gasteiger partial charge in [-0.15, -0.1) is 0 Å². The van der Waals surface area contributed by atoms with Crippen molar-refractivity contribution in [1.82, 2.24) is 4.72 Å². The molecule has 0 bridgehead atoms. The third kappa shape index (κ3) is 4.78. The van der Waals surface area contributed by atoms with E-state index in [-0.39, 0.29) is 35.3 Å². The summed E-state index contributed by atoms with van der Waals surface area (Å²) >= 11 is 0. The predicted molar refractivity (Wildman–Crippen MR) is 90.8 cm³/mol. The molecule has 2 rings (SSSR count). The van der Waals surface area contributed by atoms with Crippen LogP contribution < -0.4 is 10.0 Å². The molecule has 136 valence electrons. The maximum absolute atomic E-state index is 11.8. The number of nitro benzene ring substituents is 1. The summed E-state index contributed by atoms with van der Waals surface area (Å²) in [7, 11) is -2.55. The highest BCUT2D eigenvalue weighted by molar-refractivity contribution is 7.89. The minimum absolute atomic E-state index is 0.131. The summed E-state index contributed by atoms with van der Waals surface area (Å²) in [6.45, 7) is 0.129. The first-order valence-corrected chi connectivity index (χ1v) is 8.94. The summed E-state index contributed by atoms with van der Waals surface area (Å²) in [6, 6.07) is 7.13. The maximum atomic E-state index is 11.8. The van der Waals surface area contributed by atoms with Crippen LogP contribution in [0.15, 0.2) is 45.9 Å². The molecule has 10 heteroatoms. The van der Waals surface area contributed by atoms with Gasteiger partial charge in [-0.1, -0.05) is 0 Å². The van der Waals surface area contributed by atoms with Crippen molar-refractivity contribution in [2.24, 2.45) is 5.92 Å². The van der Waals surface area contributed by atoms with Crippen molar-refractivity contribution in [2.75, 3.05) is 25.5 Å². The van der Waals surface area contributed by atoms with Gasteiger partial charge in [0, 0.05) is 31.6 Å². The van der Waals surface area contributed by atoms with Crippen molar-refractivity contribution in [3.05, 3.63) is 52.5 Å². The van der Waals surface area contributed by atoms with Crippen molar-refractivity contribution in [3.8, 4) is 0 Å². The molecule has 25 heavy (non-hydrogen) atoms. The summed E-state index contributed by atoms with van der Waals surface area (Å²) in [5.74, 6) is 0.484. The smallest absolute Gasteiger partial charge is 0.293 e. The number of anilines is 1. The standard InChI is InChI=1S/C15H19N3O6S/c1-16-25(22,23)13-4-5-14(15(8-13)18(20)21)17-9-11(10-19)7-12-3-2-6-24-12/h2-6,8,11,16-17,19H,7,9-10H2,1H3/t11-/m0/s1. The summed E-state index contributed by atoms with van der Waals surface area (Å²) in [6.07, 6.45) is 2.00. The van der Waals surface area contributed by atoms with E-state index in [2.05, 4.69) is 10.0 Å². The number of hydrogen-bond acceptors (Lipinski definition) is 7. The molecule has 1 heterocycles. The van der Waals surface area contributed by atoms with Crippen LogP contribution in [0.2, 0.25) is 0 Å². The highest BCUT2D eigenvalue weighted by Gasteiger charge is 2.21. The fourth-order valence-electron chi connectivity index (χ4n) is 2.27. The van der Waals surface area contributed by atoms with Gasteiger partial charge in [0.2, 0.25) is 10.0 Å². The average Bonchev–Trinajstić information content (AvgIpc) is 3.11. The molecule has 1 aromatic carbocycles. The lowest BCUT2D eigenvalue weighted by atomic mass is 10.0. The van der Waals surface area contributed by atoms with Crippen LogP contribution in [0, 0.1) is 16.0 Å². The van der Waals surface area contributed by atoms with Crippen LogP contribution in [0.3, 0.4) is 0 Å². The number of nitrogens with one attached hydrogen (secondary N) is 2. The number of nitro groups is 1. The molecule has 0 unspecified atom stereocenters. The molecule has 1 atom stereocenters. The molecular weight excluding hydrogens is 350 g/mol. The SMILES string of the molecule is CNS(=O)(=O)c1ccc(NC[C@@H](CO)Cc2ccco2)c([N+](=O)[O-])c1. The Hall–Kier alpha value is -2.43. The van der Waals surface area contributed by atoms with Crippen LogP contribution in [0.1, 0.15) is 5.76 Å². The second-order valence-electron chi connectivity index (χ2n) is 5.36. The molecule has 3 N–H and O–H groups in total. The first-order chi connectivity index (χ1) is 11.9. The molecule has 0 radical (unpaired) electrons. The Bertz CT molecular complexity index is 820. The third-order valence-electron chi connectivity index (χ3n) is 3.65. The first kappa shape index (κ1) is 18.9. The van der Waals surface area contributed by atoms with Crippen LogP contribution in [0.5, 0.6) is 0 Å². The zero-order valence-corrected chi connectivity index (χ0v) is 14.3. The molecule has 0 fully saturated rings. The fraction of sp³-hybridized carbons (Fsp3) is 0.333. The second-order valence-corrected chi connectivity index (χ2v) is 7.24. The zero-order valence-electron chi connectivity index (χ0n) is 13.5. The number of rotatable bonds is 9. The van der Waals surface area contributed by atoms with E-state index in [1.54, 1.807) is 12.1 Å². The lowest BCUT2D eigenvalue weighted by Gasteiger charge is -2.15. The Morgan fingerprint density at radius 1 is 1.36 bits per heavy atom. The van der Waals surface area contributed by atoms with Gasteiger partial charge >= 0.3 is 0 Å². The Morgan fingerprint density at radius 3 is 2.68 bits per heavy atom. The molecule has 0 spiro atoms. The van der Waals surface area contributed by atoms with Crippen molar-refractivity contribution < 1.29 is 22.9 Å². The first-order valence-electron chi connectivity index (χ1n) is 7.46. The van der Waals surface area contributed by atoms with Crippen LogP contribution in [0.25, 0.3) is 0 Å². The molecule has 0 aliphatic carbocycles. The molecule has 0 aliphatic heterocycles. The monoisotopic (exact) mass is 369 g/mol. The van der Waals surface area contributed by atoms with Gasteiger partial charge in [0.25, 0.3) is 5.69 Å². The number of furan rings is 1. The number of aliphatic hydroxyl groups is 1. The van der Waals surface area contributed by atoms with Crippen LogP contribution in [0.4, 0.5) is 11.4 Å². The second kappa shape index (κ2) is 8.10. The molecular formula is C15H19N3O6S. The molecule has 9 nitrogen and oxygen atoms in total. The van der Waals surface area contributed by atoms with Gasteiger partial charge in [0.15, 0.2) is 0 Å². The van der Waals surface area contributed by atoms with Crippen molar-refractivity contribution >= 4 is 21.4 Å². The van der Waals surface area contributed by atoms with Gasteiger partial charge in [0.05, 0.1) is 16.1 Å². The zero-order chi connectivity index (χ0) is 18.4. The van der Waals surface area contributed by atoms with Crippen molar-refractivity contribution in [2.45, 2.75) is 11.3 Å². The van der Waals surface area contributed by atoms with Crippen LogP contribution in [-0.4, -0.2) is 38.6 Å². The van der Waals surface area contributed by atoms with Gasteiger partial charge < -0.3 is 14.8 Å². The molecule has 1 aromatic heterocycles. The van der Waals surface area contributed by atoms with E-state index < -0.39 is 14.9 Å². The molecule has 0 saturated heterocycles. The van der Waals surface area contributed by atoms with Crippen LogP contribution in [-0.2, 0) is 16.4 Å². The van der Waals surface area contributed by atoms with E-state index in [4.69, 9.17) is 4.42 Å². The highest BCUT2D eigenvalue weighted by atomic mass is 32.2.